The van der Waals surface area contributed by atoms with Crippen molar-refractivity contribution in [2.24, 2.45) is 0 Å². The number of amides is 1. The summed E-state index contributed by atoms with van der Waals surface area (Å²) in [6.07, 6.45) is -0.254. The van der Waals surface area contributed by atoms with Gasteiger partial charge >= 0.3 is 5.97 Å². The van der Waals surface area contributed by atoms with Gasteiger partial charge in [-0.05, 0) is 24.6 Å². The Kier molecular flexibility index (Phi) is 6.60. The number of hydrogen-bond donors (Lipinski definition) is 2. The van der Waals surface area contributed by atoms with Crippen LogP contribution in [0.1, 0.15) is 36.4 Å². The molecule has 0 radical (unpaired) electrons. The maximum atomic E-state index is 12.7. The molecule has 2 aromatic rings. The van der Waals surface area contributed by atoms with Crippen LogP contribution < -0.4 is 14.8 Å². The summed E-state index contributed by atoms with van der Waals surface area (Å²) in [7, 11) is 3.02. The summed E-state index contributed by atoms with van der Waals surface area (Å²) in [5, 5.41) is 12.1. The number of carbonyl (C=O) groups excluding carboxylic acids is 1. The van der Waals surface area contributed by atoms with Crippen LogP contribution in [-0.2, 0) is 9.59 Å². The van der Waals surface area contributed by atoms with Crippen LogP contribution >= 0.6 is 0 Å². The van der Waals surface area contributed by atoms with E-state index < -0.39 is 17.9 Å². The molecular weight excluding hydrogens is 334 g/mol. The van der Waals surface area contributed by atoms with Crippen LogP contribution in [0.15, 0.2) is 48.5 Å². The molecule has 0 aliphatic heterocycles. The third kappa shape index (κ3) is 4.75. The molecule has 2 atom stereocenters. The number of hydrogen-bond acceptors (Lipinski definition) is 4. The predicted molar refractivity (Wildman–Crippen MR) is 97.5 cm³/mol. The molecule has 0 aliphatic rings. The van der Waals surface area contributed by atoms with Crippen LogP contribution in [0.4, 0.5) is 0 Å². The van der Waals surface area contributed by atoms with Crippen LogP contribution in [0.3, 0.4) is 0 Å². The van der Waals surface area contributed by atoms with Crippen molar-refractivity contribution in [2.45, 2.75) is 25.3 Å². The van der Waals surface area contributed by atoms with Crippen molar-refractivity contribution in [3.05, 3.63) is 59.7 Å². The van der Waals surface area contributed by atoms with E-state index in [2.05, 4.69) is 5.32 Å². The number of aliphatic carboxylic acids is 1. The zero-order valence-electron chi connectivity index (χ0n) is 15.1. The lowest BCUT2D eigenvalue weighted by Crippen LogP contribution is -2.33. The molecule has 1 amide bonds. The van der Waals surface area contributed by atoms with E-state index in [1.165, 1.54) is 14.2 Å². The van der Waals surface area contributed by atoms with Crippen molar-refractivity contribution in [3.63, 3.8) is 0 Å². The molecule has 0 aromatic heterocycles. The summed E-state index contributed by atoms with van der Waals surface area (Å²) in [5.41, 5.74) is 1.45. The molecule has 26 heavy (non-hydrogen) atoms. The number of nitrogens with one attached hydrogen (secondary N) is 1. The van der Waals surface area contributed by atoms with Gasteiger partial charge in [-0.25, -0.2) is 0 Å². The van der Waals surface area contributed by atoms with Gasteiger partial charge in [0.25, 0.3) is 0 Å². The van der Waals surface area contributed by atoms with Gasteiger partial charge in [0.1, 0.15) is 11.5 Å². The Morgan fingerprint density at radius 1 is 1.08 bits per heavy atom. The average Bonchev–Trinajstić information content (AvgIpc) is 2.66. The van der Waals surface area contributed by atoms with Gasteiger partial charge in [-0.1, -0.05) is 30.3 Å². The third-order valence-corrected chi connectivity index (χ3v) is 4.20. The monoisotopic (exact) mass is 357 g/mol. The fraction of sp³-hybridized carbons (Fsp3) is 0.300. The summed E-state index contributed by atoms with van der Waals surface area (Å²) in [4.78, 5) is 24.0. The number of ether oxygens (including phenoxy) is 2. The molecule has 6 heteroatoms. The quantitative estimate of drug-likeness (QED) is 0.758. The number of carboxylic acid groups (broad SMARTS) is 1. The molecular formula is C20H23NO5. The van der Waals surface area contributed by atoms with Crippen LogP contribution in [0.5, 0.6) is 11.5 Å². The lowest BCUT2D eigenvalue weighted by molar-refractivity contribution is -0.137. The van der Waals surface area contributed by atoms with Crippen LogP contribution in [0.25, 0.3) is 0 Å². The van der Waals surface area contributed by atoms with Gasteiger partial charge in [0.2, 0.25) is 5.91 Å². The molecule has 6 nitrogen and oxygen atoms in total. The Balaban J connectivity index is 2.28. The molecule has 0 fully saturated rings. The molecule has 2 N–H and O–H groups in total. The first-order valence-corrected chi connectivity index (χ1v) is 8.25. The van der Waals surface area contributed by atoms with Gasteiger partial charge in [-0.3, -0.25) is 9.59 Å². The van der Waals surface area contributed by atoms with Crippen molar-refractivity contribution in [1.29, 1.82) is 0 Å². The summed E-state index contributed by atoms with van der Waals surface area (Å²) >= 11 is 0. The Hall–Kier alpha value is -3.02. The van der Waals surface area contributed by atoms with E-state index in [-0.39, 0.29) is 12.3 Å². The van der Waals surface area contributed by atoms with Crippen molar-refractivity contribution in [3.8, 4) is 11.5 Å². The van der Waals surface area contributed by atoms with Gasteiger partial charge in [0.05, 0.1) is 32.6 Å². The standard InChI is InChI=1S/C20H23NO5/c1-13(14-7-5-4-6-8-14)20(24)21-17(12-19(22)23)16-10-9-15(25-2)11-18(16)26-3/h4-11,13,17H,12H2,1-3H3,(H,21,24)(H,22,23)/t13-,17?/m0/s1. The van der Waals surface area contributed by atoms with E-state index in [9.17, 15) is 14.7 Å². The Morgan fingerprint density at radius 2 is 1.77 bits per heavy atom. The highest BCUT2D eigenvalue weighted by Gasteiger charge is 2.24. The molecule has 1 unspecified atom stereocenters. The van der Waals surface area contributed by atoms with E-state index in [0.29, 0.717) is 17.1 Å². The van der Waals surface area contributed by atoms with E-state index in [1.807, 2.05) is 30.3 Å². The summed E-state index contributed by atoms with van der Waals surface area (Å²) in [5.74, 6) is -0.621. The van der Waals surface area contributed by atoms with Crippen molar-refractivity contribution in [1.82, 2.24) is 5.32 Å². The first-order chi connectivity index (χ1) is 12.5. The molecule has 2 rings (SSSR count). The van der Waals surface area contributed by atoms with Crippen LogP contribution in [-0.4, -0.2) is 31.2 Å². The summed E-state index contributed by atoms with van der Waals surface area (Å²) in [6, 6.07) is 13.7. The molecule has 0 aliphatic carbocycles. The molecule has 0 heterocycles. The van der Waals surface area contributed by atoms with Crippen LogP contribution in [0, 0.1) is 0 Å². The molecule has 0 spiro atoms. The average molecular weight is 357 g/mol. The smallest absolute Gasteiger partial charge is 0.305 e. The van der Waals surface area contributed by atoms with Crippen molar-refractivity contribution < 1.29 is 24.2 Å². The van der Waals surface area contributed by atoms with E-state index in [0.717, 1.165) is 5.56 Å². The van der Waals surface area contributed by atoms with Gasteiger partial charge in [-0.15, -0.1) is 0 Å². The van der Waals surface area contributed by atoms with E-state index in [1.54, 1.807) is 25.1 Å². The summed E-state index contributed by atoms with van der Waals surface area (Å²) < 4.78 is 10.5. The first-order valence-electron chi connectivity index (χ1n) is 8.25. The number of carbonyl (C=O) groups is 2. The fourth-order valence-corrected chi connectivity index (χ4v) is 2.71. The highest BCUT2D eigenvalue weighted by molar-refractivity contribution is 5.84. The largest absolute Gasteiger partial charge is 0.497 e. The minimum absolute atomic E-state index is 0.250. The Bertz CT molecular complexity index is 760. The zero-order valence-corrected chi connectivity index (χ0v) is 15.1. The lowest BCUT2D eigenvalue weighted by atomic mass is 9.97. The second-order valence-electron chi connectivity index (χ2n) is 5.90. The Labute approximate surface area is 152 Å². The maximum absolute atomic E-state index is 12.7. The Morgan fingerprint density at radius 3 is 2.35 bits per heavy atom. The molecule has 2 aromatic carbocycles. The second kappa shape index (κ2) is 8.89. The van der Waals surface area contributed by atoms with Gasteiger partial charge in [0.15, 0.2) is 0 Å². The number of rotatable bonds is 8. The highest BCUT2D eigenvalue weighted by Crippen LogP contribution is 2.31. The van der Waals surface area contributed by atoms with E-state index in [4.69, 9.17) is 9.47 Å². The number of methoxy groups -OCH3 is 2. The van der Waals surface area contributed by atoms with Gasteiger partial charge < -0.3 is 19.9 Å². The molecule has 138 valence electrons. The van der Waals surface area contributed by atoms with Gasteiger partial charge in [-0.2, -0.15) is 0 Å². The minimum Gasteiger partial charge on any atom is -0.497 e. The zero-order chi connectivity index (χ0) is 19.1. The molecule has 0 saturated carbocycles. The van der Waals surface area contributed by atoms with Gasteiger partial charge in [0, 0.05) is 11.6 Å². The molecule has 0 saturated heterocycles. The number of benzene rings is 2. The number of carboxylic acids is 1. The fourth-order valence-electron chi connectivity index (χ4n) is 2.71. The first kappa shape index (κ1) is 19.3. The maximum Gasteiger partial charge on any atom is 0.305 e. The summed E-state index contributed by atoms with van der Waals surface area (Å²) in [6.45, 7) is 1.79. The SMILES string of the molecule is COc1ccc(C(CC(=O)O)NC(=O)[C@@H](C)c2ccccc2)c(OC)c1. The van der Waals surface area contributed by atoms with E-state index >= 15 is 0 Å². The predicted octanol–water partition coefficient (Wildman–Crippen LogP) is 3.14. The second-order valence-corrected chi connectivity index (χ2v) is 5.90. The van der Waals surface area contributed by atoms with Crippen molar-refractivity contribution >= 4 is 11.9 Å². The minimum atomic E-state index is -1.01. The normalized spacial score (nSPS) is 12.7. The van der Waals surface area contributed by atoms with Crippen LogP contribution in [0.2, 0.25) is 0 Å². The third-order valence-electron chi connectivity index (χ3n) is 4.20. The topological polar surface area (TPSA) is 84.9 Å². The van der Waals surface area contributed by atoms with Crippen molar-refractivity contribution in [2.75, 3.05) is 14.2 Å². The highest BCUT2D eigenvalue weighted by atomic mass is 16.5. The lowest BCUT2D eigenvalue weighted by Gasteiger charge is -2.22. The molecule has 0 bridgehead atoms.